The van der Waals surface area contributed by atoms with E-state index in [1.54, 1.807) is 0 Å². The lowest BCUT2D eigenvalue weighted by Crippen LogP contribution is -2.42. The number of amides is 1. The SMILES string of the molecule is CC1CC(C)CN(C(=O)c2cnon2)C1. The third-order valence-corrected chi connectivity index (χ3v) is 2.74. The average Bonchev–Trinajstić information content (AvgIpc) is 2.67. The molecule has 0 spiro atoms. The van der Waals surface area contributed by atoms with Crippen LogP contribution >= 0.6 is 0 Å². The van der Waals surface area contributed by atoms with Gasteiger partial charge in [0, 0.05) is 13.1 Å². The van der Waals surface area contributed by atoms with Crippen molar-refractivity contribution in [2.75, 3.05) is 13.1 Å². The van der Waals surface area contributed by atoms with Gasteiger partial charge in [-0.3, -0.25) is 4.79 Å². The smallest absolute Gasteiger partial charge is 0.277 e. The summed E-state index contributed by atoms with van der Waals surface area (Å²) < 4.78 is 4.43. The van der Waals surface area contributed by atoms with Crippen molar-refractivity contribution in [2.45, 2.75) is 20.3 Å². The lowest BCUT2D eigenvalue weighted by molar-refractivity contribution is 0.0612. The van der Waals surface area contributed by atoms with Crippen molar-refractivity contribution >= 4 is 5.91 Å². The van der Waals surface area contributed by atoms with Crippen molar-refractivity contribution in [3.63, 3.8) is 0 Å². The lowest BCUT2D eigenvalue weighted by Gasteiger charge is -2.34. The van der Waals surface area contributed by atoms with Crippen molar-refractivity contribution < 1.29 is 9.42 Å². The molecule has 15 heavy (non-hydrogen) atoms. The molecule has 0 N–H and O–H groups in total. The maximum absolute atomic E-state index is 11.9. The molecule has 0 aliphatic carbocycles. The van der Waals surface area contributed by atoms with E-state index < -0.39 is 0 Å². The Morgan fingerprint density at radius 3 is 2.67 bits per heavy atom. The van der Waals surface area contributed by atoms with Crippen LogP contribution in [-0.4, -0.2) is 34.2 Å². The lowest BCUT2D eigenvalue weighted by atomic mass is 9.92. The highest BCUT2D eigenvalue weighted by atomic mass is 16.6. The first-order chi connectivity index (χ1) is 7.16. The number of hydrogen-bond donors (Lipinski definition) is 0. The second-order valence-electron chi connectivity index (χ2n) is 4.45. The summed E-state index contributed by atoms with van der Waals surface area (Å²) in [5.74, 6) is 1.03. The Balaban J connectivity index is 2.07. The van der Waals surface area contributed by atoms with E-state index in [4.69, 9.17) is 0 Å². The van der Waals surface area contributed by atoms with Crippen molar-refractivity contribution in [1.29, 1.82) is 0 Å². The summed E-state index contributed by atoms with van der Waals surface area (Å²) in [7, 11) is 0. The Morgan fingerprint density at radius 1 is 1.47 bits per heavy atom. The van der Waals surface area contributed by atoms with Gasteiger partial charge in [-0.15, -0.1) is 0 Å². The highest BCUT2D eigenvalue weighted by molar-refractivity contribution is 5.91. The molecule has 5 heteroatoms. The van der Waals surface area contributed by atoms with Gasteiger partial charge < -0.3 is 4.90 Å². The van der Waals surface area contributed by atoms with Crippen LogP contribution in [-0.2, 0) is 0 Å². The van der Waals surface area contributed by atoms with E-state index in [0.29, 0.717) is 17.5 Å². The Hall–Kier alpha value is -1.39. The molecular weight excluding hydrogens is 194 g/mol. The Labute approximate surface area is 88.4 Å². The van der Waals surface area contributed by atoms with E-state index in [-0.39, 0.29) is 5.91 Å². The average molecular weight is 209 g/mol. The topological polar surface area (TPSA) is 59.2 Å². The van der Waals surface area contributed by atoms with Gasteiger partial charge in [0.25, 0.3) is 5.91 Å². The van der Waals surface area contributed by atoms with Gasteiger partial charge >= 0.3 is 0 Å². The predicted molar refractivity (Wildman–Crippen MR) is 53.1 cm³/mol. The van der Waals surface area contributed by atoms with Crippen molar-refractivity contribution in [3.05, 3.63) is 11.9 Å². The second kappa shape index (κ2) is 4.00. The molecule has 2 heterocycles. The van der Waals surface area contributed by atoms with E-state index in [1.165, 1.54) is 12.6 Å². The van der Waals surface area contributed by atoms with Crippen molar-refractivity contribution in [3.8, 4) is 0 Å². The molecule has 82 valence electrons. The van der Waals surface area contributed by atoms with Gasteiger partial charge in [0.05, 0.1) is 0 Å². The summed E-state index contributed by atoms with van der Waals surface area (Å²) >= 11 is 0. The molecule has 1 fully saturated rings. The molecular formula is C10H15N3O2. The first kappa shape index (κ1) is 10.1. The third kappa shape index (κ3) is 2.16. The summed E-state index contributed by atoms with van der Waals surface area (Å²) in [6, 6.07) is 0. The molecule has 1 aliphatic heterocycles. The van der Waals surface area contributed by atoms with Crippen LogP contribution in [0.5, 0.6) is 0 Å². The molecule has 0 aromatic carbocycles. The van der Waals surface area contributed by atoms with E-state index in [9.17, 15) is 4.79 Å². The van der Waals surface area contributed by atoms with E-state index >= 15 is 0 Å². The molecule has 1 aromatic heterocycles. The maximum atomic E-state index is 11.9. The number of carbonyl (C=O) groups excluding carboxylic acids is 1. The van der Waals surface area contributed by atoms with Crippen LogP contribution in [0.25, 0.3) is 0 Å². The molecule has 2 atom stereocenters. The predicted octanol–water partition coefficient (Wildman–Crippen LogP) is 1.19. The summed E-state index contributed by atoms with van der Waals surface area (Å²) in [6.07, 6.45) is 2.55. The third-order valence-electron chi connectivity index (χ3n) is 2.74. The minimum absolute atomic E-state index is 0.0744. The first-order valence-electron chi connectivity index (χ1n) is 5.23. The van der Waals surface area contributed by atoms with Gasteiger partial charge in [-0.05, 0) is 23.4 Å². The Bertz CT molecular complexity index is 326. The highest BCUT2D eigenvalue weighted by Crippen LogP contribution is 2.21. The molecule has 1 saturated heterocycles. The number of carbonyl (C=O) groups is 1. The fourth-order valence-corrected chi connectivity index (χ4v) is 2.25. The second-order valence-corrected chi connectivity index (χ2v) is 4.45. The fraction of sp³-hybridized carbons (Fsp3) is 0.700. The Morgan fingerprint density at radius 2 is 2.13 bits per heavy atom. The van der Waals surface area contributed by atoms with Crippen LogP contribution in [0, 0.1) is 11.8 Å². The number of likely N-dealkylation sites (tertiary alicyclic amines) is 1. The number of rotatable bonds is 1. The monoisotopic (exact) mass is 209 g/mol. The van der Waals surface area contributed by atoms with Crippen molar-refractivity contribution in [2.24, 2.45) is 11.8 Å². The first-order valence-corrected chi connectivity index (χ1v) is 5.23. The largest absolute Gasteiger partial charge is 0.337 e. The zero-order valence-corrected chi connectivity index (χ0v) is 9.01. The van der Waals surface area contributed by atoms with Crippen LogP contribution in [0.3, 0.4) is 0 Å². The van der Waals surface area contributed by atoms with E-state index in [1.807, 2.05) is 4.90 Å². The van der Waals surface area contributed by atoms with Crippen molar-refractivity contribution in [1.82, 2.24) is 15.2 Å². The number of piperidine rings is 1. The molecule has 1 aliphatic rings. The van der Waals surface area contributed by atoms with Gasteiger partial charge in [-0.1, -0.05) is 19.0 Å². The van der Waals surface area contributed by atoms with Gasteiger partial charge in [0.1, 0.15) is 6.20 Å². The summed E-state index contributed by atoms with van der Waals surface area (Å²) in [6.45, 7) is 5.93. The number of nitrogens with zero attached hydrogens (tertiary/aromatic N) is 3. The fourth-order valence-electron chi connectivity index (χ4n) is 2.25. The summed E-state index contributed by atoms with van der Waals surface area (Å²) in [5, 5.41) is 7.01. The molecule has 2 unspecified atom stereocenters. The van der Waals surface area contributed by atoms with Gasteiger partial charge in [-0.2, -0.15) is 0 Å². The zero-order valence-electron chi connectivity index (χ0n) is 9.01. The van der Waals surface area contributed by atoms with Crippen LogP contribution in [0.1, 0.15) is 30.8 Å². The van der Waals surface area contributed by atoms with Crippen LogP contribution in [0.4, 0.5) is 0 Å². The minimum Gasteiger partial charge on any atom is -0.337 e. The van der Waals surface area contributed by atoms with Gasteiger partial charge in [0.2, 0.25) is 0 Å². The minimum atomic E-state index is -0.0744. The number of hydrogen-bond acceptors (Lipinski definition) is 4. The maximum Gasteiger partial charge on any atom is 0.277 e. The zero-order chi connectivity index (χ0) is 10.8. The molecule has 1 aromatic rings. The molecule has 5 nitrogen and oxygen atoms in total. The Kier molecular flexibility index (Phi) is 2.70. The van der Waals surface area contributed by atoms with Crippen LogP contribution in [0.2, 0.25) is 0 Å². The quantitative estimate of drug-likeness (QED) is 0.697. The molecule has 0 saturated carbocycles. The highest BCUT2D eigenvalue weighted by Gasteiger charge is 2.27. The standard InChI is InChI=1S/C10H15N3O2/c1-7-3-8(2)6-13(5-7)10(14)9-4-11-15-12-9/h4,7-8H,3,5-6H2,1-2H3. The number of aromatic nitrogens is 2. The van der Waals surface area contributed by atoms with Gasteiger partial charge in [0.15, 0.2) is 5.69 Å². The molecule has 1 amide bonds. The molecule has 0 bridgehead atoms. The summed E-state index contributed by atoms with van der Waals surface area (Å²) in [4.78, 5) is 13.7. The normalized spacial score (nSPS) is 26.7. The van der Waals surface area contributed by atoms with Crippen LogP contribution in [0.15, 0.2) is 10.8 Å². The molecule has 2 rings (SSSR count). The van der Waals surface area contributed by atoms with E-state index in [0.717, 1.165) is 13.1 Å². The molecule has 0 radical (unpaired) electrons. The van der Waals surface area contributed by atoms with Gasteiger partial charge in [-0.25, -0.2) is 4.63 Å². The summed E-state index contributed by atoms with van der Waals surface area (Å²) in [5.41, 5.74) is 0.302. The van der Waals surface area contributed by atoms with E-state index in [2.05, 4.69) is 28.8 Å². The van der Waals surface area contributed by atoms with Crippen LogP contribution < -0.4 is 0 Å².